The van der Waals surface area contributed by atoms with E-state index in [1.165, 1.54) is 4.68 Å². The minimum atomic E-state index is -0.415. The molecule has 0 aliphatic rings. The predicted octanol–water partition coefficient (Wildman–Crippen LogP) is 2.40. The molecule has 0 aliphatic heterocycles. The van der Waals surface area contributed by atoms with Gasteiger partial charge in [0.25, 0.3) is 5.56 Å². The third kappa shape index (κ3) is 2.88. The Bertz CT molecular complexity index is 1010. The van der Waals surface area contributed by atoms with Crippen molar-refractivity contribution in [3.63, 3.8) is 0 Å². The maximum atomic E-state index is 12.3. The molecule has 6 heteroatoms. The Hall–Kier alpha value is -3.46. The van der Waals surface area contributed by atoms with Crippen molar-refractivity contribution in [2.24, 2.45) is 5.10 Å². The Morgan fingerprint density at radius 1 is 1.25 bits per heavy atom. The van der Waals surface area contributed by atoms with E-state index in [0.717, 1.165) is 11.3 Å². The summed E-state index contributed by atoms with van der Waals surface area (Å²) < 4.78 is 2.96. The monoisotopic (exact) mass is 317 g/mol. The van der Waals surface area contributed by atoms with Crippen molar-refractivity contribution in [2.45, 2.75) is 13.8 Å². The molecule has 0 amide bonds. The molecule has 0 saturated heterocycles. The van der Waals surface area contributed by atoms with Crippen molar-refractivity contribution in [1.29, 1.82) is 5.26 Å². The van der Waals surface area contributed by atoms with Gasteiger partial charge in [-0.15, -0.1) is 0 Å². The normalized spacial score (nSPS) is 10.9. The fraction of sp³-hybridized carbons (Fsp3) is 0.111. The zero-order valence-corrected chi connectivity index (χ0v) is 13.3. The summed E-state index contributed by atoms with van der Waals surface area (Å²) >= 11 is 0. The van der Waals surface area contributed by atoms with Gasteiger partial charge in [0.2, 0.25) is 0 Å². The number of aromatic nitrogens is 3. The Labute approximate surface area is 138 Å². The molecule has 0 saturated carbocycles. The van der Waals surface area contributed by atoms with Crippen LogP contribution in [-0.2, 0) is 0 Å². The van der Waals surface area contributed by atoms with Crippen LogP contribution in [0.4, 0.5) is 0 Å². The summed E-state index contributed by atoms with van der Waals surface area (Å²) in [6.07, 6.45) is 5.03. The van der Waals surface area contributed by atoms with E-state index in [-0.39, 0.29) is 5.56 Å². The highest BCUT2D eigenvalue weighted by molar-refractivity contribution is 5.78. The van der Waals surface area contributed by atoms with Gasteiger partial charge in [0.15, 0.2) is 0 Å². The van der Waals surface area contributed by atoms with E-state index in [4.69, 9.17) is 5.26 Å². The number of para-hydroxylation sites is 1. The first-order valence-corrected chi connectivity index (χ1v) is 7.38. The number of hydrogen-bond donors (Lipinski definition) is 0. The second-order valence-corrected chi connectivity index (χ2v) is 5.37. The average molecular weight is 317 g/mol. The van der Waals surface area contributed by atoms with Crippen molar-refractivity contribution in [3.8, 4) is 11.8 Å². The summed E-state index contributed by atoms with van der Waals surface area (Å²) in [5.41, 5.74) is 2.71. The molecule has 3 aromatic rings. The van der Waals surface area contributed by atoms with Gasteiger partial charge in [-0.05, 0) is 37.6 Å². The molecule has 0 atom stereocenters. The van der Waals surface area contributed by atoms with Gasteiger partial charge in [0, 0.05) is 17.5 Å². The first-order valence-electron chi connectivity index (χ1n) is 7.38. The number of aryl methyl sites for hydroxylation is 2. The van der Waals surface area contributed by atoms with E-state index in [1.54, 1.807) is 37.0 Å². The molecular formula is C18H15N5O. The third-order valence-electron chi connectivity index (χ3n) is 3.62. The minimum Gasteiger partial charge on any atom is -0.266 e. The topological polar surface area (TPSA) is 76.0 Å². The third-order valence-corrected chi connectivity index (χ3v) is 3.62. The van der Waals surface area contributed by atoms with Gasteiger partial charge >= 0.3 is 0 Å². The molecule has 6 nitrogen and oxygen atoms in total. The average Bonchev–Trinajstić information content (AvgIpc) is 3.04. The molecule has 2 aromatic heterocycles. The number of rotatable bonds is 3. The summed E-state index contributed by atoms with van der Waals surface area (Å²) in [7, 11) is 0. The summed E-state index contributed by atoms with van der Waals surface area (Å²) in [6, 6.07) is 13.4. The lowest BCUT2D eigenvalue weighted by Crippen LogP contribution is -2.22. The van der Waals surface area contributed by atoms with Crippen LogP contribution in [0, 0.1) is 25.2 Å². The zero-order chi connectivity index (χ0) is 17.1. The van der Waals surface area contributed by atoms with Crippen LogP contribution >= 0.6 is 0 Å². The largest absolute Gasteiger partial charge is 0.289 e. The Morgan fingerprint density at radius 2 is 2.00 bits per heavy atom. The first kappa shape index (κ1) is 15.4. The van der Waals surface area contributed by atoms with Gasteiger partial charge in [0.05, 0.1) is 18.1 Å². The van der Waals surface area contributed by atoms with E-state index in [0.29, 0.717) is 11.3 Å². The molecule has 118 valence electrons. The summed E-state index contributed by atoms with van der Waals surface area (Å²) in [6.45, 7) is 3.52. The molecule has 0 fully saturated rings. The van der Waals surface area contributed by atoms with Crippen LogP contribution in [0.15, 0.2) is 58.7 Å². The number of hydrogen-bond acceptors (Lipinski definition) is 4. The Balaban J connectivity index is 1.95. The first-order chi connectivity index (χ1) is 11.6. The van der Waals surface area contributed by atoms with Crippen molar-refractivity contribution >= 4 is 6.21 Å². The minimum absolute atomic E-state index is 0.109. The van der Waals surface area contributed by atoms with Crippen molar-refractivity contribution < 1.29 is 0 Å². The van der Waals surface area contributed by atoms with E-state index in [1.807, 2.05) is 42.6 Å². The van der Waals surface area contributed by atoms with E-state index >= 15 is 0 Å². The zero-order valence-electron chi connectivity index (χ0n) is 13.3. The molecule has 1 aromatic carbocycles. The number of nitrogens with zero attached hydrogens (tertiary/aromatic N) is 5. The van der Waals surface area contributed by atoms with Crippen LogP contribution in [0.25, 0.3) is 5.69 Å². The SMILES string of the molecule is Cc1cc(C)n(/N=C\c2cnn(-c3ccccc3)c2)c(=O)c1C#N. The van der Waals surface area contributed by atoms with Crippen LogP contribution in [0.1, 0.15) is 22.4 Å². The van der Waals surface area contributed by atoms with Gasteiger partial charge in [-0.3, -0.25) is 4.79 Å². The summed E-state index contributed by atoms with van der Waals surface area (Å²) in [5, 5.41) is 17.6. The number of benzene rings is 1. The molecule has 0 radical (unpaired) electrons. The van der Waals surface area contributed by atoms with Crippen LogP contribution in [0.5, 0.6) is 0 Å². The molecule has 0 aliphatic carbocycles. The Morgan fingerprint density at radius 3 is 2.71 bits per heavy atom. The second kappa shape index (κ2) is 6.34. The van der Waals surface area contributed by atoms with E-state index in [9.17, 15) is 4.79 Å². The summed E-state index contributed by atoms with van der Waals surface area (Å²) in [4.78, 5) is 12.3. The fourth-order valence-corrected chi connectivity index (χ4v) is 2.41. The fourth-order valence-electron chi connectivity index (χ4n) is 2.41. The maximum Gasteiger partial charge on any atom is 0.289 e. The van der Waals surface area contributed by atoms with Crippen LogP contribution in [-0.4, -0.2) is 20.7 Å². The molecule has 0 unspecified atom stereocenters. The quantitative estimate of drug-likeness (QED) is 0.696. The molecule has 0 bridgehead atoms. The van der Waals surface area contributed by atoms with Crippen molar-refractivity contribution in [2.75, 3.05) is 0 Å². The lowest BCUT2D eigenvalue weighted by atomic mass is 10.1. The van der Waals surface area contributed by atoms with Gasteiger partial charge in [-0.1, -0.05) is 18.2 Å². The highest BCUT2D eigenvalue weighted by Crippen LogP contribution is 2.07. The standard InChI is InChI=1S/C18H15N5O/c1-13-8-14(2)23(18(24)17(13)9-19)21-11-15-10-20-22(12-15)16-6-4-3-5-7-16/h3-8,10-12H,1-2H3/b21-11-. The highest BCUT2D eigenvalue weighted by Gasteiger charge is 2.09. The van der Waals surface area contributed by atoms with E-state index in [2.05, 4.69) is 10.2 Å². The lowest BCUT2D eigenvalue weighted by molar-refractivity contribution is 0.786. The predicted molar refractivity (Wildman–Crippen MR) is 91.4 cm³/mol. The molecule has 24 heavy (non-hydrogen) atoms. The van der Waals surface area contributed by atoms with Crippen molar-refractivity contribution in [1.82, 2.24) is 14.5 Å². The summed E-state index contributed by atoms with van der Waals surface area (Å²) in [5.74, 6) is 0. The van der Waals surface area contributed by atoms with Crippen LogP contribution in [0.2, 0.25) is 0 Å². The second-order valence-electron chi connectivity index (χ2n) is 5.37. The van der Waals surface area contributed by atoms with Crippen molar-refractivity contribution in [3.05, 3.63) is 81.5 Å². The van der Waals surface area contributed by atoms with Crippen LogP contribution < -0.4 is 5.56 Å². The lowest BCUT2D eigenvalue weighted by Gasteiger charge is -2.05. The Kier molecular flexibility index (Phi) is 4.08. The number of nitriles is 1. The molecule has 2 heterocycles. The molecule has 0 N–H and O–H groups in total. The maximum absolute atomic E-state index is 12.3. The van der Waals surface area contributed by atoms with Gasteiger partial charge < -0.3 is 0 Å². The van der Waals surface area contributed by atoms with Gasteiger partial charge in [0.1, 0.15) is 11.6 Å². The molecule has 0 spiro atoms. The van der Waals surface area contributed by atoms with Crippen LogP contribution in [0.3, 0.4) is 0 Å². The molecular weight excluding hydrogens is 302 g/mol. The molecule has 3 rings (SSSR count). The highest BCUT2D eigenvalue weighted by atomic mass is 16.1. The van der Waals surface area contributed by atoms with E-state index < -0.39 is 5.56 Å². The van der Waals surface area contributed by atoms with Gasteiger partial charge in [-0.25, -0.2) is 9.36 Å². The smallest absolute Gasteiger partial charge is 0.266 e. The van der Waals surface area contributed by atoms with Gasteiger partial charge in [-0.2, -0.15) is 15.5 Å². The number of pyridine rings is 1.